The van der Waals surface area contributed by atoms with Gasteiger partial charge < -0.3 is 9.72 Å². The van der Waals surface area contributed by atoms with Gasteiger partial charge in [0.25, 0.3) is 0 Å². The molecular weight excluding hydrogens is 202 g/mol. The maximum atomic E-state index is 5.79. The van der Waals surface area contributed by atoms with Crippen molar-refractivity contribution in [3.63, 3.8) is 0 Å². The fourth-order valence-electron chi connectivity index (χ4n) is 1.84. The van der Waals surface area contributed by atoms with E-state index in [0.29, 0.717) is 0 Å². The van der Waals surface area contributed by atoms with Gasteiger partial charge in [-0.3, -0.25) is 0 Å². The molecule has 3 rings (SSSR count). The lowest BCUT2D eigenvalue weighted by Crippen LogP contribution is -2.03. The number of fused-ring (bicyclic) bond motifs is 1. The number of hydrogen-bond donors (Lipinski definition) is 1. The van der Waals surface area contributed by atoms with Crippen molar-refractivity contribution in [2.75, 3.05) is 6.61 Å². The topological polar surface area (TPSA) is 50.8 Å². The van der Waals surface area contributed by atoms with E-state index < -0.39 is 0 Å². The van der Waals surface area contributed by atoms with Crippen LogP contribution in [0.5, 0.6) is 5.88 Å². The predicted molar refractivity (Wildman–Crippen MR) is 61.6 cm³/mol. The first-order valence-corrected chi connectivity index (χ1v) is 5.69. The maximum Gasteiger partial charge on any atom is 0.226 e. The van der Waals surface area contributed by atoms with Gasteiger partial charge in [0, 0.05) is 6.20 Å². The Morgan fingerprint density at radius 3 is 2.94 bits per heavy atom. The van der Waals surface area contributed by atoms with Gasteiger partial charge in [0.1, 0.15) is 11.5 Å². The fraction of sp³-hybridized carbons (Fsp3) is 0.500. The Morgan fingerprint density at radius 2 is 2.19 bits per heavy atom. The molecule has 1 N–H and O–H groups in total. The standard InChI is InChI=1S/C12H15N3O/c1-7-5-13-11-10(7)12(15-8(2)14-11)16-6-9-3-4-9/h5,9H,3-4,6H2,1-2H3,(H,13,14,15). The molecule has 1 aliphatic carbocycles. The number of ether oxygens (including phenoxy) is 1. The van der Waals surface area contributed by atoms with Crippen LogP contribution in [-0.4, -0.2) is 21.6 Å². The number of aromatic amines is 1. The minimum absolute atomic E-state index is 0.730. The summed E-state index contributed by atoms with van der Waals surface area (Å²) in [5, 5.41) is 1.02. The summed E-state index contributed by atoms with van der Waals surface area (Å²) in [6.45, 7) is 4.72. The van der Waals surface area contributed by atoms with Crippen molar-refractivity contribution < 1.29 is 4.74 Å². The van der Waals surface area contributed by atoms with Crippen LogP contribution in [0, 0.1) is 19.8 Å². The van der Waals surface area contributed by atoms with Crippen molar-refractivity contribution in [1.29, 1.82) is 0 Å². The molecule has 0 saturated heterocycles. The van der Waals surface area contributed by atoms with Crippen LogP contribution in [0.25, 0.3) is 11.0 Å². The summed E-state index contributed by atoms with van der Waals surface area (Å²) in [6, 6.07) is 0. The fourth-order valence-corrected chi connectivity index (χ4v) is 1.84. The smallest absolute Gasteiger partial charge is 0.226 e. The summed E-state index contributed by atoms with van der Waals surface area (Å²) in [5.74, 6) is 2.22. The van der Waals surface area contributed by atoms with Gasteiger partial charge in [0.05, 0.1) is 12.0 Å². The highest BCUT2D eigenvalue weighted by atomic mass is 16.5. The Labute approximate surface area is 94.1 Å². The molecule has 0 spiro atoms. The van der Waals surface area contributed by atoms with Gasteiger partial charge in [-0.1, -0.05) is 0 Å². The number of rotatable bonds is 3. The normalized spacial score (nSPS) is 15.6. The van der Waals surface area contributed by atoms with E-state index in [0.717, 1.165) is 40.8 Å². The minimum Gasteiger partial charge on any atom is -0.477 e. The lowest BCUT2D eigenvalue weighted by molar-refractivity contribution is 0.291. The number of aromatic nitrogens is 3. The SMILES string of the molecule is Cc1nc(OCC2CC2)c2c(C)c[nH]c2n1. The van der Waals surface area contributed by atoms with Gasteiger partial charge in [0.2, 0.25) is 5.88 Å². The highest BCUT2D eigenvalue weighted by Gasteiger charge is 2.23. The molecule has 0 bridgehead atoms. The number of nitrogens with zero attached hydrogens (tertiary/aromatic N) is 2. The molecule has 0 aliphatic heterocycles. The third kappa shape index (κ3) is 1.64. The van der Waals surface area contributed by atoms with Crippen LogP contribution in [0.3, 0.4) is 0 Å². The maximum absolute atomic E-state index is 5.79. The summed E-state index contributed by atoms with van der Waals surface area (Å²) in [6.07, 6.45) is 4.53. The number of nitrogens with one attached hydrogen (secondary N) is 1. The molecule has 4 heteroatoms. The van der Waals surface area contributed by atoms with Crippen LogP contribution >= 0.6 is 0 Å². The second-order valence-corrected chi connectivity index (χ2v) is 4.53. The van der Waals surface area contributed by atoms with Crippen molar-refractivity contribution in [3.8, 4) is 5.88 Å². The van der Waals surface area contributed by atoms with E-state index in [-0.39, 0.29) is 0 Å². The van der Waals surface area contributed by atoms with Crippen LogP contribution in [0.1, 0.15) is 24.2 Å². The van der Waals surface area contributed by atoms with Gasteiger partial charge in [-0.2, -0.15) is 4.98 Å². The molecule has 0 radical (unpaired) electrons. The van der Waals surface area contributed by atoms with Gasteiger partial charge in [0.15, 0.2) is 0 Å². The largest absolute Gasteiger partial charge is 0.477 e. The lowest BCUT2D eigenvalue weighted by atomic mass is 10.2. The molecule has 1 aliphatic rings. The van der Waals surface area contributed by atoms with E-state index in [2.05, 4.69) is 15.0 Å². The lowest BCUT2D eigenvalue weighted by Gasteiger charge is -2.06. The van der Waals surface area contributed by atoms with E-state index in [1.807, 2.05) is 20.0 Å². The Balaban J connectivity index is 2.01. The molecule has 2 heterocycles. The Kier molecular flexibility index (Phi) is 2.09. The van der Waals surface area contributed by atoms with Crippen molar-refractivity contribution in [3.05, 3.63) is 17.6 Å². The van der Waals surface area contributed by atoms with Crippen molar-refractivity contribution in [2.45, 2.75) is 26.7 Å². The molecule has 84 valence electrons. The zero-order chi connectivity index (χ0) is 11.1. The molecular formula is C12H15N3O. The quantitative estimate of drug-likeness (QED) is 0.858. The van der Waals surface area contributed by atoms with Gasteiger partial charge in [-0.25, -0.2) is 4.98 Å². The Hall–Kier alpha value is -1.58. The number of aryl methyl sites for hydroxylation is 2. The molecule has 2 aromatic rings. The highest BCUT2D eigenvalue weighted by Crippen LogP contribution is 2.31. The molecule has 1 fully saturated rings. The zero-order valence-corrected chi connectivity index (χ0v) is 9.58. The molecule has 0 unspecified atom stereocenters. The van der Waals surface area contributed by atoms with Gasteiger partial charge in [-0.15, -0.1) is 0 Å². The summed E-state index contributed by atoms with van der Waals surface area (Å²) in [5.41, 5.74) is 2.01. The first-order valence-electron chi connectivity index (χ1n) is 5.69. The van der Waals surface area contributed by atoms with Crippen LogP contribution in [-0.2, 0) is 0 Å². The van der Waals surface area contributed by atoms with E-state index >= 15 is 0 Å². The molecule has 0 amide bonds. The average Bonchev–Trinajstić information content (AvgIpc) is 3.00. The zero-order valence-electron chi connectivity index (χ0n) is 9.58. The third-order valence-electron chi connectivity index (χ3n) is 2.96. The third-order valence-corrected chi connectivity index (χ3v) is 2.96. The molecule has 16 heavy (non-hydrogen) atoms. The monoisotopic (exact) mass is 217 g/mol. The van der Waals surface area contributed by atoms with E-state index in [1.54, 1.807) is 0 Å². The van der Waals surface area contributed by atoms with Crippen LogP contribution in [0.2, 0.25) is 0 Å². The average molecular weight is 217 g/mol. The molecule has 1 saturated carbocycles. The second-order valence-electron chi connectivity index (χ2n) is 4.53. The number of hydrogen-bond acceptors (Lipinski definition) is 3. The predicted octanol–water partition coefficient (Wildman–Crippen LogP) is 2.36. The molecule has 0 atom stereocenters. The summed E-state index contributed by atoms with van der Waals surface area (Å²) >= 11 is 0. The van der Waals surface area contributed by atoms with Crippen LogP contribution in [0.4, 0.5) is 0 Å². The molecule has 2 aromatic heterocycles. The highest BCUT2D eigenvalue weighted by molar-refractivity contribution is 5.84. The Bertz CT molecular complexity index is 528. The van der Waals surface area contributed by atoms with Crippen molar-refractivity contribution in [2.24, 2.45) is 5.92 Å². The number of H-pyrrole nitrogens is 1. The first-order chi connectivity index (χ1) is 7.74. The summed E-state index contributed by atoms with van der Waals surface area (Å²) < 4.78 is 5.79. The summed E-state index contributed by atoms with van der Waals surface area (Å²) in [4.78, 5) is 11.9. The first kappa shape index (κ1) is 9.63. The van der Waals surface area contributed by atoms with Gasteiger partial charge >= 0.3 is 0 Å². The van der Waals surface area contributed by atoms with Crippen molar-refractivity contribution >= 4 is 11.0 Å². The minimum atomic E-state index is 0.730. The van der Waals surface area contributed by atoms with E-state index in [9.17, 15) is 0 Å². The van der Waals surface area contributed by atoms with Crippen molar-refractivity contribution in [1.82, 2.24) is 15.0 Å². The van der Waals surface area contributed by atoms with Crippen LogP contribution in [0.15, 0.2) is 6.20 Å². The molecule has 0 aromatic carbocycles. The molecule has 4 nitrogen and oxygen atoms in total. The van der Waals surface area contributed by atoms with Crippen LogP contribution < -0.4 is 4.74 Å². The van der Waals surface area contributed by atoms with E-state index in [1.165, 1.54) is 12.8 Å². The Morgan fingerprint density at radius 1 is 1.38 bits per heavy atom. The van der Waals surface area contributed by atoms with E-state index in [4.69, 9.17) is 4.74 Å². The van der Waals surface area contributed by atoms with Gasteiger partial charge in [-0.05, 0) is 38.2 Å². The summed E-state index contributed by atoms with van der Waals surface area (Å²) in [7, 11) is 0. The second kappa shape index (κ2) is 3.47.